The maximum absolute atomic E-state index is 9.98. The standard InChI is InChI=1S/3C5H8O2.Eu/c3*1-4(6)3-5(2)7;/h3*3,6H,1-2H3;/q;;;+3/p-3. The van der Waals surface area contributed by atoms with Gasteiger partial charge in [-0.25, -0.2) is 0 Å². The van der Waals surface area contributed by atoms with E-state index in [1.807, 2.05) is 0 Å². The quantitative estimate of drug-likeness (QED) is 0.424. The summed E-state index contributed by atoms with van der Waals surface area (Å²) in [7, 11) is 0. The Labute approximate surface area is 172 Å². The molecule has 0 N–H and O–H groups in total. The summed E-state index contributed by atoms with van der Waals surface area (Å²) < 4.78 is 0. The van der Waals surface area contributed by atoms with Crippen LogP contribution in [0.15, 0.2) is 35.5 Å². The SMILES string of the molecule is CC(=O)C=C(C)[O-].CC(=O)C=C(C)[O-].CC(=O)C=C(C)[O-].[Eu+3]. The van der Waals surface area contributed by atoms with Crippen LogP contribution in [0.3, 0.4) is 0 Å². The molecule has 0 atom stereocenters. The van der Waals surface area contributed by atoms with Crippen LogP contribution >= 0.6 is 0 Å². The Morgan fingerprint density at radius 2 is 0.682 bits per heavy atom. The second kappa shape index (κ2) is 18.3. The van der Waals surface area contributed by atoms with Crippen LogP contribution in [0.5, 0.6) is 0 Å². The molecule has 0 aliphatic rings. The number of ketones is 3. The molecule has 0 fully saturated rings. The molecule has 0 aliphatic carbocycles. The van der Waals surface area contributed by atoms with Crippen molar-refractivity contribution in [2.75, 3.05) is 0 Å². The molecule has 124 valence electrons. The average molecular weight is 449 g/mol. The van der Waals surface area contributed by atoms with Gasteiger partial charge in [0.25, 0.3) is 0 Å². The third-order valence-corrected chi connectivity index (χ3v) is 1.22. The monoisotopic (exact) mass is 450 g/mol. The molecule has 0 aliphatic heterocycles. The number of hydrogen-bond donors (Lipinski definition) is 0. The predicted molar refractivity (Wildman–Crippen MR) is 73.3 cm³/mol. The molecule has 0 amide bonds. The number of carbonyl (C=O) groups is 3. The van der Waals surface area contributed by atoms with Crippen molar-refractivity contribution in [3.05, 3.63) is 35.5 Å². The molecule has 6 nitrogen and oxygen atoms in total. The smallest absolute Gasteiger partial charge is 0.876 e. The van der Waals surface area contributed by atoms with Gasteiger partial charge >= 0.3 is 49.4 Å². The minimum Gasteiger partial charge on any atom is -0.876 e. The van der Waals surface area contributed by atoms with Gasteiger partial charge < -0.3 is 15.3 Å². The average Bonchev–Trinajstić information content (AvgIpc) is 2.10. The fraction of sp³-hybridized carbons (Fsp3) is 0.400. The maximum Gasteiger partial charge on any atom is 3.00 e. The molecule has 0 rings (SSSR count). The summed E-state index contributed by atoms with van der Waals surface area (Å²) in [6.45, 7) is 8.09. The van der Waals surface area contributed by atoms with Gasteiger partial charge in [0, 0.05) is 0 Å². The summed E-state index contributed by atoms with van der Waals surface area (Å²) >= 11 is 0. The Morgan fingerprint density at radius 1 is 0.545 bits per heavy atom. The van der Waals surface area contributed by atoms with E-state index in [-0.39, 0.29) is 84.0 Å². The van der Waals surface area contributed by atoms with Gasteiger partial charge in [-0.05, 0) is 39.0 Å². The molecule has 0 aromatic heterocycles. The summed E-state index contributed by atoms with van der Waals surface area (Å²) in [5.41, 5.74) is 0. The molecular formula is C15H21EuO6. The van der Waals surface area contributed by atoms with Crippen molar-refractivity contribution in [1.82, 2.24) is 0 Å². The third-order valence-electron chi connectivity index (χ3n) is 1.22. The van der Waals surface area contributed by atoms with Crippen molar-refractivity contribution in [1.29, 1.82) is 0 Å². The van der Waals surface area contributed by atoms with Crippen LogP contribution in [0.1, 0.15) is 41.5 Å². The molecule has 0 aromatic carbocycles. The molecule has 0 aromatic rings. The van der Waals surface area contributed by atoms with Gasteiger partial charge in [-0.2, -0.15) is 0 Å². The normalized spacial score (nSPS) is 10.9. The van der Waals surface area contributed by atoms with E-state index >= 15 is 0 Å². The molecule has 0 bridgehead atoms. The van der Waals surface area contributed by atoms with E-state index < -0.39 is 0 Å². The van der Waals surface area contributed by atoms with Crippen LogP contribution in [-0.2, 0) is 14.4 Å². The Balaban J connectivity index is -0.000000108. The fourth-order valence-electron chi connectivity index (χ4n) is 0.859. The van der Waals surface area contributed by atoms with Crippen LogP contribution in [0.4, 0.5) is 0 Å². The summed E-state index contributed by atoms with van der Waals surface area (Å²) in [6, 6.07) is 0. The van der Waals surface area contributed by atoms with Crippen LogP contribution in [0.25, 0.3) is 0 Å². The Kier molecular flexibility index (Phi) is 24.3. The topological polar surface area (TPSA) is 120 Å². The zero-order chi connectivity index (χ0) is 17.6. The summed E-state index contributed by atoms with van der Waals surface area (Å²) in [4.78, 5) is 29.9. The van der Waals surface area contributed by atoms with Crippen LogP contribution in [0.2, 0.25) is 0 Å². The summed E-state index contributed by atoms with van der Waals surface area (Å²) in [5.74, 6) is -1.12. The van der Waals surface area contributed by atoms with Gasteiger partial charge in [-0.3, -0.25) is 14.4 Å². The van der Waals surface area contributed by atoms with E-state index in [1.165, 1.54) is 41.5 Å². The Bertz CT molecular complexity index is 368. The minimum atomic E-state index is -0.187. The third kappa shape index (κ3) is 50.7. The van der Waals surface area contributed by atoms with Crippen LogP contribution < -0.4 is 15.3 Å². The van der Waals surface area contributed by atoms with Gasteiger partial charge in [0.2, 0.25) is 0 Å². The minimum absolute atomic E-state index is 0. The maximum atomic E-state index is 9.98. The molecule has 0 unspecified atom stereocenters. The van der Waals surface area contributed by atoms with Crippen molar-refractivity contribution < 1.29 is 79.1 Å². The van der Waals surface area contributed by atoms with Crippen molar-refractivity contribution in [3.8, 4) is 0 Å². The van der Waals surface area contributed by atoms with Gasteiger partial charge in [0.05, 0.1) is 0 Å². The summed E-state index contributed by atoms with van der Waals surface area (Å²) in [6.07, 6.45) is 3.17. The van der Waals surface area contributed by atoms with E-state index in [0.717, 1.165) is 18.2 Å². The van der Waals surface area contributed by atoms with Gasteiger partial charge in [-0.15, -0.1) is 17.3 Å². The number of allylic oxidation sites excluding steroid dienone is 6. The van der Waals surface area contributed by atoms with Gasteiger partial charge in [0.1, 0.15) is 0 Å². The van der Waals surface area contributed by atoms with E-state index in [2.05, 4.69) is 0 Å². The largest absolute Gasteiger partial charge is 3.00 e. The van der Waals surface area contributed by atoms with E-state index in [9.17, 15) is 29.7 Å². The van der Waals surface area contributed by atoms with Crippen LogP contribution in [0, 0.1) is 49.4 Å². The Morgan fingerprint density at radius 3 is 0.682 bits per heavy atom. The zero-order valence-corrected chi connectivity index (χ0v) is 16.0. The second-order valence-electron chi connectivity index (χ2n) is 4.10. The molecule has 0 saturated carbocycles. The molecule has 7 heteroatoms. The molecule has 0 saturated heterocycles. The van der Waals surface area contributed by atoms with E-state index in [4.69, 9.17) is 0 Å². The van der Waals surface area contributed by atoms with Gasteiger partial charge in [0.15, 0.2) is 17.3 Å². The number of rotatable bonds is 3. The number of hydrogen-bond acceptors (Lipinski definition) is 6. The van der Waals surface area contributed by atoms with Crippen molar-refractivity contribution in [3.63, 3.8) is 0 Å². The molecular weight excluding hydrogens is 428 g/mol. The second-order valence-corrected chi connectivity index (χ2v) is 4.10. The van der Waals surface area contributed by atoms with Crippen molar-refractivity contribution in [2.24, 2.45) is 0 Å². The predicted octanol–water partition coefficient (Wildman–Crippen LogP) is -0.481. The van der Waals surface area contributed by atoms with Gasteiger partial charge in [-0.1, -0.05) is 20.8 Å². The molecule has 0 radical (unpaired) electrons. The molecule has 0 heterocycles. The first-order valence-electron chi connectivity index (χ1n) is 5.96. The van der Waals surface area contributed by atoms with Crippen molar-refractivity contribution >= 4 is 17.3 Å². The van der Waals surface area contributed by atoms with Crippen molar-refractivity contribution in [2.45, 2.75) is 41.5 Å². The number of carbonyl (C=O) groups excluding carboxylic acids is 3. The fourth-order valence-corrected chi connectivity index (χ4v) is 0.859. The first-order chi connectivity index (χ1) is 9.38. The molecule has 0 spiro atoms. The first kappa shape index (κ1) is 29.3. The molecule has 22 heavy (non-hydrogen) atoms. The van der Waals surface area contributed by atoms with E-state index in [0.29, 0.717) is 0 Å². The zero-order valence-electron chi connectivity index (χ0n) is 13.6. The van der Waals surface area contributed by atoms with E-state index in [1.54, 1.807) is 0 Å². The Hall–Kier alpha value is -0.786. The first-order valence-corrected chi connectivity index (χ1v) is 5.96. The van der Waals surface area contributed by atoms with Crippen LogP contribution in [-0.4, -0.2) is 17.3 Å². The summed E-state index contributed by atoms with van der Waals surface area (Å²) in [5, 5.41) is 29.9.